The third-order valence-electron chi connectivity index (χ3n) is 5.35. The van der Waals surface area contributed by atoms with E-state index in [2.05, 4.69) is 31.9 Å². The molecule has 0 spiro atoms. The summed E-state index contributed by atoms with van der Waals surface area (Å²) in [6.45, 7) is 1.30. The van der Waals surface area contributed by atoms with E-state index < -0.39 is 5.97 Å². The van der Waals surface area contributed by atoms with Crippen molar-refractivity contribution in [3.8, 4) is 5.75 Å². The Morgan fingerprint density at radius 3 is 2.17 bits per heavy atom. The number of imide groups is 1. The van der Waals surface area contributed by atoms with E-state index in [-0.39, 0.29) is 50.9 Å². The van der Waals surface area contributed by atoms with Crippen LogP contribution in [0.3, 0.4) is 0 Å². The number of fused-ring (bicyclic) bond motifs is 5. The third-order valence-corrected chi connectivity index (χ3v) is 8.55. The topological polar surface area (TPSA) is 63.7 Å². The van der Waals surface area contributed by atoms with Crippen molar-refractivity contribution in [2.45, 2.75) is 23.0 Å². The van der Waals surface area contributed by atoms with Crippen LogP contribution in [-0.4, -0.2) is 27.4 Å². The first-order chi connectivity index (χ1) is 11.4. The van der Waals surface area contributed by atoms with E-state index in [4.69, 9.17) is 4.74 Å². The van der Waals surface area contributed by atoms with Crippen molar-refractivity contribution in [3.63, 3.8) is 0 Å². The van der Waals surface area contributed by atoms with Gasteiger partial charge < -0.3 is 4.74 Å². The summed E-state index contributed by atoms with van der Waals surface area (Å²) < 4.78 is 5.18. The largest absolute Gasteiger partial charge is 0.424 e. The third kappa shape index (κ3) is 2.13. The summed E-state index contributed by atoms with van der Waals surface area (Å²) in [6.07, 6.45) is 0.887. The molecule has 0 aromatic heterocycles. The molecule has 2 saturated carbocycles. The van der Waals surface area contributed by atoms with Crippen LogP contribution in [0.25, 0.3) is 0 Å². The van der Waals surface area contributed by atoms with Crippen LogP contribution in [0.4, 0.5) is 5.69 Å². The van der Waals surface area contributed by atoms with Crippen LogP contribution in [-0.2, 0) is 14.4 Å². The number of alkyl halides is 2. The average molecular weight is 457 g/mol. The minimum absolute atomic E-state index is 0.159. The number of anilines is 1. The monoisotopic (exact) mass is 455 g/mol. The van der Waals surface area contributed by atoms with Gasteiger partial charge in [0.2, 0.25) is 11.8 Å². The molecule has 2 aliphatic carbocycles. The molecule has 7 heteroatoms. The van der Waals surface area contributed by atoms with E-state index in [9.17, 15) is 14.4 Å². The highest BCUT2D eigenvalue weighted by Crippen LogP contribution is 2.60. The SMILES string of the molecule is CC(=O)Oc1ccccc1N1C(=O)C2C3CC(C(Br)C3Br)C2C1=O. The standard InChI is InChI=1S/C17H15Br2NO4/c1-7(21)24-11-5-3-2-4-10(11)20-16(22)12-8-6-9(13(12)17(20)23)15(19)14(8)18/h2-5,8-9,12-15H,6H2,1H3. The van der Waals surface area contributed by atoms with Gasteiger partial charge in [0.1, 0.15) is 0 Å². The van der Waals surface area contributed by atoms with Gasteiger partial charge in [-0.05, 0) is 30.4 Å². The molecule has 4 rings (SSSR count). The Labute approximate surface area is 156 Å². The average Bonchev–Trinajstić information content (AvgIpc) is 3.13. The lowest BCUT2D eigenvalue weighted by molar-refractivity contribution is -0.132. The van der Waals surface area contributed by atoms with Crippen LogP contribution in [0.5, 0.6) is 5.75 Å². The summed E-state index contributed by atoms with van der Waals surface area (Å²) in [5, 5.41) is 0. The summed E-state index contributed by atoms with van der Waals surface area (Å²) >= 11 is 7.34. The first kappa shape index (κ1) is 16.3. The summed E-state index contributed by atoms with van der Waals surface area (Å²) in [4.78, 5) is 38.9. The summed E-state index contributed by atoms with van der Waals surface area (Å²) in [7, 11) is 0. The Balaban J connectivity index is 1.74. The molecule has 3 fully saturated rings. The van der Waals surface area contributed by atoms with Gasteiger partial charge >= 0.3 is 5.97 Å². The zero-order chi connectivity index (χ0) is 17.2. The van der Waals surface area contributed by atoms with Crippen LogP contribution in [0.1, 0.15) is 13.3 Å². The van der Waals surface area contributed by atoms with Gasteiger partial charge in [-0.1, -0.05) is 44.0 Å². The molecule has 2 bridgehead atoms. The first-order valence-electron chi connectivity index (χ1n) is 7.85. The van der Waals surface area contributed by atoms with Gasteiger partial charge in [-0.25, -0.2) is 4.90 Å². The number of hydrogen-bond donors (Lipinski definition) is 0. The maximum Gasteiger partial charge on any atom is 0.308 e. The number of esters is 1. The lowest BCUT2D eigenvalue weighted by atomic mass is 9.81. The molecule has 2 amide bonds. The van der Waals surface area contributed by atoms with Gasteiger partial charge in [0, 0.05) is 16.6 Å². The number of carbonyl (C=O) groups is 3. The van der Waals surface area contributed by atoms with Gasteiger partial charge in [-0.3, -0.25) is 14.4 Å². The van der Waals surface area contributed by atoms with Gasteiger partial charge in [0.05, 0.1) is 17.5 Å². The molecule has 0 N–H and O–H groups in total. The van der Waals surface area contributed by atoms with Crippen molar-refractivity contribution in [1.29, 1.82) is 0 Å². The minimum atomic E-state index is -0.483. The molecular formula is C17H15Br2NO4. The van der Waals surface area contributed by atoms with Crippen molar-refractivity contribution in [2.75, 3.05) is 4.90 Å². The molecule has 6 atom stereocenters. The number of para-hydroxylation sites is 2. The number of carbonyl (C=O) groups excluding carboxylic acids is 3. The van der Waals surface area contributed by atoms with Crippen LogP contribution < -0.4 is 9.64 Å². The fourth-order valence-corrected chi connectivity index (χ4v) is 6.34. The molecule has 6 unspecified atom stereocenters. The highest BCUT2D eigenvalue weighted by molar-refractivity contribution is 9.12. The zero-order valence-corrected chi connectivity index (χ0v) is 16.0. The molecule has 126 valence electrons. The quantitative estimate of drug-likeness (QED) is 0.297. The number of halogens is 2. The predicted octanol–water partition coefficient (Wildman–Crippen LogP) is 2.89. The Morgan fingerprint density at radius 1 is 1.08 bits per heavy atom. The summed E-state index contributed by atoms with van der Waals surface area (Å²) in [5.74, 6) is -0.856. The van der Waals surface area contributed by atoms with Gasteiger partial charge in [-0.15, -0.1) is 0 Å². The Morgan fingerprint density at radius 2 is 1.62 bits per heavy atom. The number of benzene rings is 1. The van der Waals surface area contributed by atoms with Crippen LogP contribution in [0, 0.1) is 23.7 Å². The molecule has 3 aliphatic rings. The van der Waals surface area contributed by atoms with Gasteiger partial charge in [0.15, 0.2) is 5.75 Å². The van der Waals surface area contributed by atoms with Crippen molar-refractivity contribution >= 4 is 55.3 Å². The van der Waals surface area contributed by atoms with Crippen molar-refractivity contribution in [1.82, 2.24) is 0 Å². The number of nitrogens with zero attached hydrogens (tertiary/aromatic N) is 1. The van der Waals surface area contributed by atoms with Crippen LogP contribution >= 0.6 is 31.9 Å². The van der Waals surface area contributed by atoms with E-state index in [1.54, 1.807) is 24.3 Å². The molecule has 1 aromatic rings. The molecule has 1 saturated heterocycles. The summed E-state index contributed by atoms with van der Waals surface area (Å²) in [5.41, 5.74) is 0.355. The number of ether oxygens (including phenoxy) is 1. The lowest BCUT2D eigenvalue weighted by Crippen LogP contribution is -2.37. The molecular weight excluding hydrogens is 442 g/mol. The van der Waals surface area contributed by atoms with E-state index >= 15 is 0 Å². The molecule has 1 heterocycles. The molecule has 1 aliphatic heterocycles. The highest BCUT2D eigenvalue weighted by atomic mass is 79.9. The van der Waals surface area contributed by atoms with E-state index in [0.29, 0.717) is 5.69 Å². The molecule has 24 heavy (non-hydrogen) atoms. The molecule has 5 nitrogen and oxygen atoms in total. The van der Waals surface area contributed by atoms with Crippen LogP contribution in [0.2, 0.25) is 0 Å². The minimum Gasteiger partial charge on any atom is -0.424 e. The molecule has 1 aromatic carbocycles. The Kier molecular flexibility index (Phi) is 3.84. The van der Waals surface area contributed by atoms with Gasteiger partial charge in [-0.2, -0.15) is 0 Å². The lowest BCUT2D eigenvalue weighted by Gasteiger charge is -2.28. The number of hydrogen-bond acceptors (Lipinski definition) is 4. The Bertz CT molecular complexity index is 720. The van der Waals surface area contributed by atoms with E-state index in [0.717, 1.165) is 6.42 Å². The van der Waals surface area contributed by atoms with Crippen molar-refractivity contribution in [3.05, 3.63) is 24.3 Å². The summed E-state index contributed by atoms with van der Waals surface area (Å²) in [6, 6.07) is 6.68. The van der Waals surface area contributed by atoms with E-state index in [1.165, 1.54) is 11.8 Å². The smallest absolute Gasteiger partial charge is 0.308 e. The van der Waals surface area contributed by atoms with Crippen molar-refractivity contribution in [2.24, 2.45) is 23.7 Å². The number of amides is 2. The number of rotatable bonds is 2. The normalized spacial score (nSPS) is 37.0. The van der Waals surface area contributed by atoms with E-state index in [1.807, 2.05) is 0 Å². The van der Waals surface area contributed by atoms with Gasteiger partial charge in [0.25, 0.3) is 0 Å². The predicted molar refractivity (Wildman–Crippen MR) is 94.3 cm³/mol. The maximum absolute atomic E-state index is 13.0. The highest BCUT2D eigenvalue weighted by Gasteiger charge is 2.66. The Hall–Kier alpha value is -1.21. The second-order valence-electron chi connectivity index (χ2n) is 6.58. The fraction of sp³-hybridized carbons (Fsp3) is 0.471. The fourth-order valence-electron chi connectivity index (χ4n) is 4.47. The van der Waals surface area contributed by atoms with Crippen molar-refractivity contribution < 1.29 is 19.1 Å². The zero-order valence-electron chi connectivity index (χ0n) is 12.8. The maximum atomic E-state index is 13.0. The first-order valence-corrected chi connectivity index (χ1v) is 9.68. The van der Waals surface area contributed by atoms with Crippen LogP contribution in [0.15, 0.2) is 24.3 Å². The molecule has 0 radical (unpaired) electrons. The second kappa shape index (κ2) is 5.66. The second-order valence-corrected chi connectivity index (χ2v) is 8.69.